The van der Waals surface area contributed by atoms with E-state index in [-0.39, 0.29) is 30.6 Å². The summed E-state index contributed by atoms with van der Waals surface area (Å²) in [5.74, 6) is 0.116. The standard InChI is InChI=1S/C24H31FN2O3/c1-3-4-16-26-24(29)19(2)27(18-20-12-14-21(25)15-13-20)23(28)11-8-17-30-22-9-6-5-7-10-22/h5-7,9-10,12-15,19H,3-4,8,11,16-18H2,1-2H3,(H,26,29). The Bertz CT molecular complexity index is 781. The van der Waals surface area contributed by atoms with Crippen LogP contribution in [0.15, 0.2) is 54.6 Å². The van der Waals surface area contributed by atoms with Crippen molar-refractivity contribution >= 4 is 11.8 Å². The minimum Gasteiger partial charge on any atom is -0.494 e. The molecule has 0 aliphatic rings. The van der Waals surface area contributed by atoms with Crippen molar-refractivity contribution in [3.05, 3.63) is 66.0 Å². The van der Waals surface area contributed by atoms with Crippen molar-refractivity contribution in [3.63, 3.8) is 0 Å². The van der Waals surface area contributed by atoms with Crippen LogP contribution >= 0.6 is 0 Å². The predicted molar refractivity (Wildman–Crippen MR) is 116 cm³/mol. The number of hydrogen-bond donors (Lipinski definition) is 1. The van der Waals surface area contributed by atoms with Gasteiger partial charge in [0.15, 0.2) is 0 Å². The van der Waals surface area contributed by atoms with E-state index in [1.54, 1.807) is 24.0 Å². The molecule has 30 heavy (non-hydrogen) atoms. The summed E-state index contributed by atoms with van der Waals surface area (Å²) >= 11 is 0. The number of benzene rings is 2. The van der Waals surface area contributed by atoms with Crippen LogP contribution in [0.4, 0.5) is 4.39 Å². The maximum atomic E-state index is 13.2. The van der Waals surface area contributed by atoms with Gasteiger partial charge in [0.05, 0.1) is 6.61 Å². The molecule has 0 saturated carbocycles. The molecule has 0 aromatic heterocycles. The number of amides is 2. The van der Waals surface area contributed by atoms with Gasteiger partial charge in [0.25, 0.3) is 0 Å². The number of nitrogens with one attached hydrogen (secondary N) is 1. The zero-order valence-electron chi connectivity index (χ0n) is 17.8. The summed E-state index contributed by atoms with van der Waals surface area (Å²) in [5, 5.41) is 2.88. The smallest absolute Gasteiger partial charge is 0.242 e. The first-order valence-electron chi connectivity index (χ1n) is 10.5. The Kier molecular flexibility index (Phi) is 9.84. The topological polar surface area (TPSA) is 58.6 Å². The molecular formula is C24H31FN2O3. The van der Waals surface area contributed by atoms with Crippen LogP contribution in [0.1, 0.15) is 45.1 Å². The quantitative estimate of drug-likeness (QED) is 0.526. The van der Waals surface area contributed by atoms with E-state index in [1.807, 2.05) is 30.3 Å². The van der Waals surface area contributed by atoms with E-state index in [2.05, 4.69) is 12.2 Å². The second kappa shape index (κ2) is 12.6. The van der Waals surface area contributed by atoms with E-state index < -0.39 is 6.04 Å². The third kappa shape index (κ3) is 7.85. The van der Waals surface area contributed by atoms with Gasteiger partial charge in [-0.15, -0.1) is 0 Å². The maximum absolute atomic E-state index is 13.2. The number of rotatable bonds is 12. The molecule has 5 nitrogen and oxygen atoms in total. The SMILES string of the molecule is CCCCNC(=O)C(C)N(Cc1ccc(F)cc1)C(=O)CCCOc1ccccc1. The summed E-state index contributed by atoms with van der Waals surface area (Å²) in [4.78, 5) is 27.0. The van der Waals surface area contributed by atoms with Gasteiger partial charge >= 0.3 is 0 Å². The molecule has 1 atom stereocenters. The van der Waals surface area contributed by atoms with Gasteiger partial charge in [-0.2, -0.15) is 0 Å². The molecule has 2 amide bonds. The van der Waals surface area contributed by atoms with Gasteiger partial charge in [-0.05, 0) is 49.6 Å². The van der Waals surface area contributed by atoms with Crippen LogP contribution in [0.3, 0.4) is 0 Å². The van der Waals surface area contributed by atoms with Crippen molar-refractivity contribution in [3.8, 4) is 5.75 Å². The molecule has 2 aromatic carbocycles. The number of ether oxygens (including phenoxy) is 1. The lowest BCUT2D eigenvalue weighted by atomic mass is 10.1. The highest BCUT2D eigenvalue weighted by Gasteiger charge is 2.25. The number of carbonyl (C=O) groups is 2. The first-order chi connectivity index (χ1) is 14.5. The Balaban J connectivity index is 1.96. The van der Waals surface area contributed by atoms with E-state index in [0.29, 0.717) is 19.6 Å². The van der Waals surface area contributed by atoms with Crippen molar-refractivity contribution in [2.24, 2.45) is 0 Å². The summed E-state index contributed by atoms with van der Waals surface area (Å²) in [6, 6.07) is 14.8. The summed E-state index contributed by atoms with van der Waals surface area (Å²) in [6.45, 7) is 5.03. The molecule has 1 N–H and O–H groups in total. The molecule has 0 heterocycles. The number of halogens is 1. The van der Waals surface area contributed by atoms with Gasteiger partial charge in [-0.25, -0.2) is 4.39 Å². The fraction of sp³-hybridized carbons (Fsp3) is 0.417. The van der Waals surface area contributed by atoms with Crippen LogP contribution in [0.2, 0.25) is 0 Å². The Labute approximate surface area is 178 Å². The van der Waals surface area contributed by atoms with Crippen LogP contribution in [0, 0.1) is 5.82 Å². The molecule has 162 valence electrons. The first kappa shape index (κ1) is 23.4. The van der Waals surface area contributed by atoms with Gasteiger partial charge in [0.2, 0.25) is 11.8 Å². The molecule has 0 saturated heterocycles. The molecule has 0 aliphatic carbocycles. The molecule has 0 bridgehead atoms. The van der Waals surface area contributed by atoms with E-state index in [0.717, 1.165) is 24.2 Å². The van der Waals surface area contributed by atoms with E-state index in [4.69, 9.17) is 4.74 Å². The molecule has 0 fully saturated rings. The van der Waals surface area contributed by atoms with Crippen molar-refractivity contribution in [2.75, 3.05) is 13.2 Å². The van der Waals surface area contributed by atoms with E-state index in [9.17, 15) is 14.0 Å². The third-order valence-electron chi connectivity index (χ3n) is 4.81. The highest BCUT2D eigenvalue weighted by molar-refractivity contribution is 5.87. The van der Waals surface area contributed by atoms with Gasteiger partial charge in [-0.1, -0.05) is 43.7 Å². The molecule has 6 heteroatoms. The van der Waals surface area contributed by atoms with Crippen LogP contribution in [0.5, 0.6) is 5.75 Å². The molecule has 1 unspecified atom stereocenters. The lowest BCUT2D eigenvalue weighted by molar-refractivity contribution is -0.140. The first-order valence-corrected chi connectivity index (χ1v) is 10.5. The highest BCUT2D eigenvalue weighted by atomic mass is 19.1. The average Bonchev–Trinajstić information content (AvgIpc) is 2.76. The number of hydrogen-bond acceptors (Lipinski definition) is 3. The molecule has 2 rings (SSSR count). The Hall–Kier alpha value is -2.89. The fourth-order valence-electron chi connectivity index (χ4n) is 2.98. The largest absolute Gasteiger partial charge is 0.494 e. The number of unbranched alkanes of at least 4 members (excludes halogenated alkanes) is 1. The van der Waals surface area contributed by atoms with Crippen molar-refractivity contribution < 1.29 is 18.7 Å². The van der Waals surface area contributed by atoms with Crippen molar-refractivity contribution in [1.82, 2.24) is 10.2 Å². The zero-order chi connectivity index (χ0) is 21.8. The number of nitrogens with zero attached hydrogens (tertiary/aromatic N) is 1. The number of carbonyl (C=O) groups excluding carboxylic acids is 2. The lowest BCUT2D eigenvalue weighted by Gasteiger charge is -2.29. The summed E-state index contributed by atoms with van der Waals surface area (Å²) < 4.78 is 18.9. The summed E-state index contributed by atoms with van der Waals surface area (Å²) in [5.41, 5.74) is 0.776. The summed E-state index contributed by atoms with van der Waals surface area (Å²) in [7, 11) is 0. The van der Waals surface area contributed by atoms with Gasteiger partial charge in [0, 0.05) is 19.5 Å². The minimum atomic E-state index is -0.616. The molecule has 0 radical (unpaired) electrons. The van der Waals surface area contributed by atoms with Crippen LogP contribution in [-0.2, 0) is 16.1 Å². The zero-order valence-corrected chi connectivity index (χ0v) is 17.8. The second-order valence-corrected chi connectivity index (χ2v) is 7.23. The Morgan fingerprint density at radius 3 is 2.43 bits per heavy atom. The van der Waals surface area contributed by atoms with Crippen LogP contribution in [-0.4, -0.2) is 35.9 Å². The van der Waals surface area contributed by atoms with E-state index in [1.165, 1.54) is 12.1 Å². The maximum Gasteiger partial charge on any atom is 0.242 e. The van der Waals surface area contributed by atoms with Gasteiger partial charge < -0.3 is 15.0 Å². The van der Waals surface area contributed by atoms with Gasteiger partial charge in [-0.3, -0.25) is 9.59 Å². The number of para-hydroxylation sites is 1. The summed E-state index contributed by atoms with van der Waals surface area (Å²) in [6.07, 6.45) is 2.67. The molecule has 0 aliphatic heterocycles. The fourth-order valence-corrected chi connectivity index (χ4v) is 2.98. The van der Waals surface area contributed by atoms with Crippen molar-refractivity contribution in [1.29, 1.82) is 0 Å². The van der Waals surface area contributed by atoms with Crippen LogP contribution in [0.25, 0.3) is 0 Å². The van der Waals surface area contributed by atoms with E-state index >= 15 is 0 Å². The highest BCUT2D eigenvalue weighted by Crippen LogP contribution is 2.14. The third-order valence-corrected chi connectivity index (χ3v) is 4.81. The predicted octanol–water partition coefficient (Wildman–Crippen LogP) is 4.32. The minimum absolute atomic E-state index is 0.130. The normalized spacial score (nSPS) is 11.6. The average molecular weight is 415 g/mol. The second-order valence-electron chi connectivity index (χ2n) is 7.23. The Morgan fingerprint density at radius 2 is 1.77 bits per heavy atom. The molecular weight excluding hydrogens is 383 g/mol. The van der Waals surface area contributed by atoms with Crippen LogP contribution < -0.4 is 10.1 Å². The molecule has 2 aromatic rings. The van der Waals surface area contributed by atoms with Crippen molar-refractivity contribution in [2.45, 2.75) is 52.1 Å². The lowest BCUT2D eigenvalue weighted by Crippen LogP contribution is -2.47. The molecule has 0 spiro atoms. The van der Waals surface area contributed by atoms with Gasteiger partial charge in [0.1, 0.15) is 17.6 Å². The Morgan fingerprint density at radius 1 is 1.07 bits per heavy atom. The monoisotopic (exact) mass is 414 g/mol.